The largest absolute Gasteiger partial charge is 0.480 e. The van der Waals surface area contributed by atoms with Gasteiger partial charge in [0.25, 0.3) is 0 Å². The number of carbonyl (C=O) groups is 1. The average Bonchev–Trinajstić information content (AvgIpc) is 2.62. The van der Waals surface area contributed by atoms with Crippen molar-refractivity contribution in [3.8, 4) is 0 Å². The molecule has 3 rings (SSSR count). The second kappa shape index (κ2) is 8.45. The molecule has 25 heavy (non-hydrogen) atoms. The number of carboxylic acid groups (broad SMARTS) is 1. The van der Waals surface area contributed by atoms with E-state index in [9.17, 15) is 4.79 Å². The number of piperidine rings is 1. The number of likely N-dealkylation sites (N-methyl/N-ethyl adjacent to an activating group) is 1. The van der Waals surface area contributed by atoms with Gasteiger partial charge in [-0.25, -0.2) is 0 Å². The van der Waals surface area contributed by atoms with E-state index in [1.807, 2.05) is 11.9 Å². The monoisotopic (exact) mass is 340 g/mol. The van der Waals surface area contributed by atoms with Gasteiger partial charge < -0.3 is 10.0 Å². The molecule has 1 aliphatic heterocycles. The quantitative estimate of drug-likeness (QED) is 0.840. The summed E-state index contributed by atoms with van der Waals surface area (Å²) in [5, 5.41) is 11.6. The van der Waals surface area contributed by atoms with E-state index in [0.29, 0.717) is 6.04 Å². The minimum absolute atomic E-state index is 0.145. The molecular weight excluding hydrogens is 312 g/mol. The van der Waals surface area contributed by atoms with Gasteiger partial charge in [-0.15, -0.1) is 0 Å². The Balaban J connectivity index is 1.45. The lowest BCUT2D eigenvalue weighted by Crippen LogP contribution is -2.45. The molecule has 0 aliphatic carbocycles. The molecular formula is C21H28N2O2. The molecule has 0 atom stereocenters. The second-order valence-corrected chi connectivity index (χ2v) is 7.12. The fourth-order valence-electron chi connectivity index (χ4n) is 3.93. The highest BCUT2D eigenvalue weighted by atomic mass is 16.4. The van der Waals surface area contributed by atoms with Gasteiger partial charge in [0, 0.05) is 6.04 Å². The summed E-state index contributed by atoms with van der Waals surface area (Å²) in [4.78, 5) is 15.3. The van der Waals surface area contributed by atoms with Crippen molar-refractivity contribution in [1.29, 1.82) is 0 Å². The first kappa shape index (κ1) is 17.9. The Labute approximate surface area is 150 Å². The summed E-state index contributed by atoms with van der Waals surface area (Å²) in [6.07, 6.45) is 4.42. The highest BCUT2D eigenvalue weighted by Crippen LogP contribution is 2.20. The highest BCUT2D eigenvalue weighted by molar-refractivity contribution is 5.85. The van der Waals surface area contributed by atoms with Crippen LogP contribution in [0.3, 0.4) is 0 Å². The zero-order valence-corrected chi connectivity index (χ0v) is 15.0. The van der Waals surface area contributed by atoms with E-state index in [1.54, 1.807) is 0 Å². The van der Waals surface area contributed by atoms with Gasteiger partial charge in [-0.05, 0) is 68.7 Å². The Morgan fingerprint density at radius 3 is 2.64 bits per heavy atom. The van der Waals surface area contributed by atoms with Crippen LogP contribution in [0.2, 0.25) is 0 Å². The molecule has 0 aromatic heterocycles. The highest BCUT2D eigenvalue weighted by Gasteiger charge is 2.23. The van der Waals surface area contributed by atoms with Crippen LogP contribution in [0.25, 0.3) is 10.8 Å². The number of hydrogen-bond acceptors (Lipinski definition) is 3. The van der Waals surface area contributed by atoms with E-state index in [4.69, 9.17) is 5.11 Å². The summed E-state index contributed by atoms with van der Waals surface area (Å²) < 4.78 is 0. The van der Waals surface area contributed by atoms with Crippen molar-refractivity contribution < 1.29 is 9.90 Å². The molecule has 1 saturated heterocycles. The van der Waals surface area contributed by atoms with Crippen LogP contribution in [-0.2, 0) is 11.2 Å². The Morgan fingerprint density at radius 2 is 1.88 bits per heavy atom. The van der Waals surface area contributed by atoms with Gasteiger partial charge in [0.15, 0.2) is 0 Å². The minimum Gasteiger partial charge on any atom is -0.480 e. The fraction of sp³-hybridized carbons (Fsp3) is 0.476. The zero-order valence-electron chi connectivity index (χ0n) is 15.0. The summed E-state index contributed by atoms with van der Waals surface area (Å²) in [5.74, 6) is -0.736. The third kappa shape index (κ3) is 4.80. The first-order valence-corrected chi connectivity index (χ1v) is 9.24. The molecule has 2 aromatic rings. The maximum Gasteiger partial charge on any atom is 0.317 e. The zero-order chi connectivity index (χ0) is 17.6. The number of likely N-dealkylation sites (tertiary alicyclic amines) is 1. The number of aliphatic carboxylic acids is 1. The molecule has 0 spiro atoms. The third-order valence-corrected chi connectivity index (χ3v) is 5.37. The molecule has 4 nitrogen and oxygen atoms in total. The van der Waals surface area contributed by atoms with Crippen molar-refractivity contribution in [1.82, 2.24) is 9.80 Å². The molecule has 0 bridgehead atoms. The Hall–Kier alpha value is -1.91. The molecule has 1 aliphatic rings. The molecule has 0 radical (unpaired) electrons. The van der Waals surface area contributed by atoms with Crippen LogP contribution in [-0.4, -0.2) is 60.1 Å². The van der Waals surface area contributed by atoms with Crippen LogP contribution in [0.15, 0.2) is 42.5 Å². The molecule has 0 saturated carbocycles. The molecule has 0 unspecified atom stereocenters. The third-order valence-electron chi connectivity index (χ3n) is 5.37. The molecule has 1 heterocycles. The van der Waals surface area contributed by atoms with Crippen LogP contribution in [0.4, 0.5) is 0 Å². The molecule has 134 valence electrons. The van der Waals surface area contributed by atoms with Crippen molar-refractivity contribution in [2.24, 2.45) is 0 Å². The van der Waals surface area contributed by atoms with Gasteiger partial charge in [-0.1, -0.05) is 42.5 Å². The van der Waals surface area contributed by atoms with Crippen molar-refractivity contribution in [3.05, 3.63) is 48.0 Å². The number of nitrogens with zero attached hydrogens (tertiary/aromatic N) is 2. The molecule has 2 aromatic carbocycles. The van der Waals surface area contributed by atoms with Crippen LogP contribution >= 0.6 is 0 Å². The maximum atomic E-state index is 10.8. The van der Waals surface area contributed by atoms with Crippen molar-refractivity contribution in [3.63, 3.8) is 0 Å². The number of carboxylic acids is 1. The minimum atomic E-state index is -0.736. The fourth-order valence-corrected chi connectivity index (χ4v) is 3.93. The Kier molecular flexibility index (Phi) is 6.05. The standard InChI is InChI=1S/C21H28N2O2/c1-22(16-21(24)25)19-11-14-23(15-12-19)13-5-9-18-8-4-7-17-6-2-3-10-20(17)18/h2-4,6-8,10,19H,5,9,11-16H2,1H3,(H,24,25). The normalized spacial score (nSPS) is 16.6. The predicted molar refractivity (Wildman–Crippen MR) is 102 cm³/mol. The van der Waals surface area contributed by atoms with Crippen LogP contribution in [0.1, 0.15) is 24.8 Å². The van der Waals surface area contributed by atoms with E-state index in [1.165, 1.54) is 22.8 Å². The molecule has 4 heteroatoms. The Bertz CT molecular complexity index is 703. The number of fused-ring (bicyclic) bond motifs is 1. The lowest BCUT2D eigenvalue weighted by molar-refractivity contribution is -0.138. The van der Waals surface area contributed by atoms with Gasteiger partial charge in [-0.3, -0.25) is 9.69 Å². The van der Waals surface area contributed by atoms with Gasteiger partial charge in [0.05, 0.1) is 6.54 Å². The number of benzene rings is 2. The predicted octanol–water partition coefficient (Wildman–Crippen LogP) is 3.25. The first-order chi connectivity index (χ1) is 12.1. The summed E-state index contributed by atoms with van der Waals surface area (Å²) in [7, 11) is 1.93. The lowest BCUT2D eigenvalue weighted by atomic mass is 10.00. The van der Waals surface area contributed by atoms with Crippen LogP contribution in [0, 0.1) is 0 Å². The molecule has 1 N–H and O–H groups in total. The summed E-state index contributed by atoms with van der Waals surface area (Å²) in [5.41, 5.74) is 1.44. The van der Waals surface area contributed by atoms with E-state index >= 15 is 0 Å². The first-order valence-electron chi connectivity index (χ1n) is 9.24. The van der Waals surface area contributed by atoms with Gasteiger partial charge >= 0.3 is 5.97 Å². The van der Waals surface area contributed by atoms with Crippen molar-refractivity contribution in [2.45, 2.75) is 31.7 Å². The summed E-state index contributed by atoms with van der Waals surface area (Å²) in [6.45, 7) is 3.42. The topological polar surface area (TPSA) is 43.8 Å². The smallest absolute Gasteiger partial charge is 0.317 e. The summed E-state index contributed by atoms with van der Waals surface area (Å²) in [6, 6.07) is 15.6. The lowest BCUT2D eigenvalue weighted by Gasteiger charge is -2.36. The number of aryl methyl sites for hydroxylation is 1. The molecule has 0 amide bonds. The van der Waals surface area contributed by atoms with E-state index in [-0.39, 0.29) is 6.54 Å². The number of hydrogen-bond donors (Lipinski definition) is 1. The Morgan fingerprint density at radius 1 is 1.16 bits per heavy atom. The van der Waals surface area contributed by atoms with Crippen LogP contribution in [0.5, 0.6) is 0 Å². The van der Waals surface area contributed by atoms with E-state index < -0.39 is 5.97 Å². The SMILES string of the molecule is CN(CC(=O)O)C1CCN(CCCc2cccc3ccccc23)CC1. The van der Waals surface area contributed by atoms with Crippen molar-refractivity contribution >= 4 is 16.7 Å². The summed E-state index contributed by atoms with van der Waals surface area (Å²) >= 11 is 0. The maximum absolute atomic E-state index is 10.8. The van der Waals surface area contributed by atoms with Gasteiger partial charge in [-0.2, -0.15) is 0 Å². The van der Waals surface area contributed by atoms with E-state index in [0.717, 1.165) is 38.9 Å². The molecule has 1 fully saturated rings. The van der Waals surface area contributed by atoms with Crippen molar-refractivity contribution in [2.75, 3.05) is 33.2 Å². The van der Waals surface area contributed by atoms with Gasteiger partial charge in [0.2, 0.25) is 0 Å². The van der Waals surface area contributed by atoms with Gasteiger partial charge in [0.1, 0.15) is 0 Å². The second-order valence-electron chi connectivity index (χ2n) is 7.12. The number of rotatable bonds is 7. The van der Waals surface area contributed by atoms with Crippen LogP contribution < -0.4 is 0 Å². The average molecular weight is 340 g/mol. The van der Waals surface area contributed by atoms with E-state index in [2.05, 4.69) is 47.4 Å².